The fourth-order valence-corrected chi connectivity index (χ4v) is 2.08. The van der Waals surface area contributed by atoms with E-state index in [-0.39, 0.29) is 18.4 Å². The van der Waals surface area contributed by atoms with Crippen molar-refractivity contribution in [2.45, 2.75) is 39.2 Å². The molecule has 1 N–H and O–H groups in total. The highest BCUT2D eigenvalue weighted by molar-refractivity contribution is 5.82. The van der Waals surface area contributed by atoms with Gasteiger partial charge in [-0.15, -0.1) is 0 Å². The number of aliphatic carboxylic acids is 1. The van der Waals surface area contributed by atoms with Crippen LogP contribution in [0.2, 0.25) is 0 Å². The zero-order valence-electron chi connectivity index (χ0n) is 13.1. The molecule has 7 heteroatoms. The Morgan fingerprint density at radius 2 is 1.76 bits per heavy atom. The minimum absolute atomic E-state index is 0.0628. The fraction of sp³-hybridized carbons (Fsp3) is 0.786. The van der Waals surface area contributed by atoms with Crippen molar-refractivity contribution < 1.29 is 24.2 Å². The third-order valence-electron chi connectivity index (χ3n) is 3.27. The highest BCUT2D eigenvalue weighted by Gasteiger charge is 2.28. The van der Waals surface area contributed by atoms with E-state index in [0.29, 0.717) is 25.9 Å². The minimum Gasteiger partial charge on any atom is -0.481 e. The predicted molar refractivity (Wildman–Crippen MR) is 75.8 cm³/mol. The van der Waals surface area contributed by atoms with Crippen LogP contribution in [0.1, 0.15) is 33.6 Å². The molecule has 0 atom stereocenters. The lowest BCUT2D eigenvalue weighted by molar-refractivity contribution is -0.145. The van der Waals surface area contributed by atoms with Crippen molar-refractivity contribution in [1.29, 1.82) is 0 Å². The molecule has 0 bridgehead atoms. The largest absolute Gasteiger partial charge is 0.481 e. The first-order chi connectivity index (χ1) is 9.60. The zero-order valence-corrected chi connectivity index (χ0v) is 13.1. The van der Waals surface area contributed by atoms with E-state index in [1.807, 2.05) is 0 Å². The molecule has 1 aliphatic rings. The molecule has 1 heterocycles. The first-order valence-electron chi connectivity index (χ1n) is 7.05. The summed E-state index contributed by atoms with van der Waals surface area (Å²) < 4.78 is 5.17. The van der Waals surface area contributed by atoms with Crippen LogP contribution in [0.5, 0.6) is 0 Å². The predicted octanol–water partition coefficient (Wildman–Crippen LogP) is 1.18. The van der Waals surface area contributed by atoms with Gasteiger partial charge in [0.2, 0.25) is 5.91 Å². The molecule has 21 heavy (non-hydrogen) atoms. The van der Waals surface area contributed by atoms with Gasteiger partial charge in [0.1, 0.15) is 12.1 Å². The second kappa shape index (κ2) is 6.78. The Morgan fingerprint density at radius 1 is 1.24 bits per heavy atom. The maximum atomic E-state index is 12.1. The molecular weight excluding hydrogens is 276 g/mol. The van der Waals surface area contributed by atoms with E-state index >= 15 is 0 Å². The van der Waals surface area contributed by atoms with Crippen LogP contribution in [0.15, 0.2) is 0 Å². The summed E-state index contributed by atoms with van der Waals surface area (Å²) in [6, 6.07) is 0. The lowest BCUT2D eigenvalue weighted by Gasteiger charge is -2.31. The summed E-state index contributed by atoms with van der Waals surface area (Å²) in [5.74, 6) is -1.38. The van der Waals surface area contributed by atoms with Crippen LogP contribution in [0.3, 0.4) is 0 Å². The van der Waals surface area contributed by atoms with Gasteiger partial charge in [0, 0.05) is 20.1 Å². The van der Waals surface area contributed by atoms with Gasteiger partial charge >= 0.3 is 12.1 Å². The summed E-state index contributed by atoms with van der Waals surface area (Å²) >= 11 is 0. The molecule has 1 saturated heterocycles. The van der Waals surface area contributed by atoms with E-state index in [1.165, 1.54) is 11.9 Å². The Labute approximate surface area is 124 Å². The van der Waals surface area contributed by atoms with Gasteiger partial charge in [0.15, 0.2) is 0 Å². The standard InChI is InChI=1S/C14H24N2O5/c1-14(2,3)21-13(20)15(4)9-11(17)16-7-5-10(6-8-16)12(18)19/h10H,5-9H2,1-4H3,(H,18,19). The number of carboxylic acids is 1. The Morgan fingerprint density at radius 3 is 2.19 bits per heavy atom. The van der Waals surface area contributed by atoms with Gasteiger partial charge in [-0.2, -0.15) is 0 Å². The number of ether oxygens (including phenoxy) is 1. The van der Waals surface area contributed by atoms with Crippen molar-refractivity contribution in [1.82, 2.24) is 9.80 Å². The number of amides is 2. The summed E-state index contributed by atoms with van der Waals surface area (Å²) in [6.07, 6.45) is 0.366. The number of rotatable bonds is 3. The molecule has 0 saturated carbocycles. The average Bonchev–Trinajstić information content (AvgIpc) is 2.36. The quantitative estimate of drug-likeness (QED) is 0.845. The second-order valence-corrected chi connectivity index (χ2v) is 6.33. The lowest BCUT2D eigenvalue weighted by atomic mass is 9.97. The van der Waals surface area contributed by atoms with Gasteiger partial charge in [-0.05, 0) is 33.6 Å². The topological polar surface area (TPSA) is 87.2 Å². The molecule has 120 valence electrons. The summed E-state index contributed by atoms with van der Waals surface area (Å²) in [6.45, 7) is 6.05. The molecule has 1 fully saturated rings. The normalized spacial score (nSPS) is 16.5. The van der Waals surface area contributed by atoms with E-state index in [4.69, 9.17) is 9.84 Å². The summed E-state index contributed by atoms with van der Waals surface area (Å²) in [5, 5.41) is 8.92. The Kier molecular flexibility index (Phi) is 5.57. The number of carbonyl (C=O) groups excluding carboxylic acids is 2. The van der Waals surface area contributed by atoms with E-state index < -0.39 is 17.7 Å². The second-order valence-electron chi connectivity index (χ2n) is 6.33. The number of likely N-dealkylation sites (N-methyl/N-ethyl adjacent to an activating group) is 1. The fourth-order valence-electron chi connectivity index (χ4n) is 2.08. The number of carbonyl (C=O) groups is 3. The number of nitrogens with zero attached hydrogens (tertiary/aromatic N) is 2. The van der Waals surface area contributed by atoms with Gasteiger partial charge in [-0.3, -0.25) is 9.59 Å². The maximum Gasteiger partial charge on any atom is 0.410 e. The van der Waals surface area contributed by atoms with Crippen LogP contribution in [0.25, 0.3) is 0 Å². The van der Waals surface area contributed by atoms with Crippen LogP contribution in [-0.2, 0) is 14.3 Å². The molecule has 0 aromatic heterocycles. The molecule has 2 amide bonds. The molecule has 0 unspecified atom stereocenters. The van der Waals surface area contributed by atoms with Crippen LogP contribution in [0.4, 0.5) is 4.79 Å². The Balaban J connectivity index is 2.43. The molecule has 7 nitrogen and oxygen atoms in total. The molecule has 0 spiro atoms. The number of hydrogen-bond acceptors (Lipinski definition) is 4. The van der Waals surface area contributed by atoms with Gasteiger partial charge in [0.25, 0.3) is 0 Å². The van der Waals surface area contributed by atoms with Crippen molar-refractivity contribution >= 4 is 18.0 Å². The third-order valence-corrected chi connectivity index (χ3v) is 3.27. The molecule has 0 radical (unpaired) electrons. The monoisotopic (exact) mass is 300 g/mol. The highest BCUT2D eigenvalue weighted by atomic mass is 16.6. The molecule has 1 aliphatic heterocycles. The third kappa shape index (κ3) is 5.61. The smallest absolute Gasteiger partial charge is 0.410 e. The highest BCUT2D eigenvalue weighted by Crippen LogP contribution is 2.17. The molecular formula is C14H24N2O5. The maximum absolute atomic E-state index is 12.1. The van der Waals surface area contributed by atoms with E-state index in [1.54, 1.807) is 25.7 Å². The van der Waals surface area contributed by atoms with Crippen LogP contribution < -0.4 is 0 Å². The van der Waals surface area contributed by atoms with Gasteiger partial charge in [0.05, 0.1) is 5.92 Å². The minimum atomic E-state index is -0.812. The van der Waals surface area contributed by atoms with Crippen molar-refractivity contribution in [3.05, 3.63) is 0 Å². The molecule has 1 rings (SSSR count). The first-order valence-corrected chi connectivity index (χ1v) is 7.05. The lowest BCUT2D eigenvalue weighted by Crippen LogP contribution is -2.46. The van der Waals surface area contributed by atoms with Crippen LogP contribution >= 0.6 is 0 Å². The van der Waals surface area contributed by atoms with Gasteiger partial charge in [-0.25, -0.2) is 4.79 Å². The zero-order chi connectivity index (χ0) is 16.2. The summed E-state index contributed by atoms with van der Waals surface area (Å²) in [7, 11) is 1.51. The summed E-state index contributed by atoms with van der Waals surface area (Å²) in [5.41, 5.74) is -0.603. The summed E-state index contributed by atoms with van der Waals surface area (Å²) in [4.78, 5) is 37.5. The van der Waals surface area contributed by atoms with Crippen LogP contribution in [-0.4, -0.2) is 65.2 Å². The van der Waals surface area contributed by atoms with Crippen molar-refractivity contribution in [2.24, 2.45) is 5.92 Å². The van der Waals surface area contributed by atoms with Gasteiger partial charge < -0.3 is 19.6 Å². The van der Waals surface area contributed by atoms with E-state index in [2.05, 4.69) is 0 Å². The van der Waals surface area contributed by atoms with Crippen molar-refractivity contribution in [3.8, 4) is 0 Å². The Hall–Kier alpha value is -1.79. The number of piperidine rings is 1. The van der Waals surface area contributed by atoms with Gasteiger partial charge in [-0.1, -0.05) is 0 Å². The van der Waals surface area contributed by atoms with E-state index in [0.717, 1.165) is 0 Å². The average molecular weight is 300 g/mol. The SMILES string of the molecule is CN(CC(=O)N1CCC(C(=O)O)CC1)C(=O)OC(C)(C)C. The Bertz CT molecular complexity index is 408. The van der Waals surface area contributed by atoms with Crippen molar-refractivity contribution in [2.75, 3.05) is 26.7 Å². The first kappa shape index (κ1) is 17.3. The number of likely N-dealkylation sites (tertiary alicyclic amines) is 1. The molecule has 0 aliphatic carbocycles. The van der Waals surface area contributed by atoms with E-state index in [9.17, 15) is 14.4 Å². The molecule has 0 aromatic rings. The van der Waals surface area contributed by atoms with Crippen LogP contribution in [0, 0.1) is 5.92 Å². The molecule has 0 aromatic carbocycles. The number of carboxylic acid groups (broad SMARTS) is 1. The number of hydrogen-bond donors (Lipinski definition) is 1. The van der Waals surface area contributed by atoms with Crippen molar-refractivity contribution in [3.63, 3.8) is 0 Å².